The van der Waals surface area contributed by atoms with Crippen LogP contribution in [0.4, 0.5) is 8.78 Å². The fourth-order valence-corrected chi connectivity index (χ4v) is 4.58. The van der Waals surface area contributed by atoms with E-state index in [4.69, 9.17) is 5.26 Å². The Labute approximate surface area is 196 Å². The van der Waals surface area contributed by atoms with Crippen LogP contribution in [-0.2, 0) is 12.1 Å². The minimum Gasteiger partial charge on any atom is -0.475 e. The van der Waals surface area contributed by atoms with Crippen LogP contribution in [0, 0.1) is 23.0 Å². The van der Waals surface area contributed by atoms with Gasteiger partial charge in [-0.2, -0.15) is 10.4 Å². The molecule has 0 radical (unpaired) electrons. The Morgan fingerprint density at radius 1 is 1.26 bits per heavy atom. The Kier molecular flexibility index (Phi) is 6.19. The van der Waals surface area contributed by atoms with Crippen molar-refractivity contribution in [2.24, 2.45) is 0 Å². The number of halogens is 2. The second-order valence-electron chi connectivity index (χ2n) is 7.58. The number of aliphatic hydroxyl groups is 1. The largest absolute Gasteiger partial charge is 0.475 e. The van der Waals surface area contributed by atoms with Crippen LogP contribution >= 0.6 is 11.3 Å². The van der Waals surface area contributed by atoms with Crippen LogP contribution < -0.4 is 0 Å². The van der Waals surface area contributed by atoms with Gasteiger partial charge in [-0.25, -0.2) is 28.2 Å². The lowest BCUT2D eigenvalue weighted by Gasteiger charge is -2.34. The normalized spacial score (nSPS) is 13.7. The summed E-state index contributed by atoms with van der Waals surface area (Å²) in [6.07, 6.45) is 1.02. The van der Waals surface area contributed by atoms with E-state index in [9.17, 15) is 23.8 Å². The first-order valence-corrected chi connectivity index (χ1v) is 10.9. The van der Waals surface area contributed by atoms with Crippen molar-refractivity contribution in [3.05, 3.63) is 87.8 Å². The van der Waals surface area contributed by atoms with Crippen molar-refractivity contribution in [1.29, 1.82) is 5.26 Å². The molecule has 8 nitrogen and oxygen atoms in total. The second-order valence-corrected chi connectivity index (χ2v) is 8.47. The topological polar surface area (TPSA) is 125 Å². The third-order valence-electron chi connectivity index (χ3n) is 5.51. The van der Waals surface area contributed by atoms with E-state index in [2.05, 4.69) is 15.1 Å². The molecular weight excluding hydrogens is 464 g/mol. The van der Waals surface area contributed by atoms with Gasteiger partial charge >= 0.3 is 5.97 Å². The number of hydrogen-bond acceptors (Lipinski definition) is 7. The molecule has 0 aliphatic heterocycles. The maximum absolute atomic E-state index is 14.8. The van der Waals surface area contributed by atoms with Gasteiger partial charge in [-0.3, -0.25) is 0 Å². The van der Waals surface area contributed by atoms with Crippen molar-refractivity contribution < 1.29 is 23.8 Å². The highest BCUT2D eigenvalue weighted by atomic mass is 32.1. The van der Waals surface area contributed by atoms with Crippen LogP contribution in [0.25, 0.3) is 11.3 Å². The predicted molar refractivity (Wildman–Crippen MR) is 118 cm³/mol. The summed E-state index contributed by atoms with van der Waals surface area (Å²) in [5.74, 6) is -4.47. The zero-order valence-electron chi connectivity index (χ0n) is 17.7. The molecule has 0 aliphatic rings. The van der Waals surface area contributed by atoms with Crippen molar-refractivity contribution in [3.8, 4) is 17.3 Å². The fourth-order valence-electron chi connectivity index (χ4n) is 3.61. The van der Waals surface area contributed by atoms with Crippen LogP contribution in [0.1, 0.15) is 39.6 Å². The number of benzene rings is 2. The molecule has 2 heterocycles. The van der Waals surface area contributed by atoms with Gasteiger partial charge in [0.15, 0.2) is 0 Å². The highest BCUT2D eigenvalue weighted by Crippen LogP contribution is 2.41. The number of rotatable bonds is 7. The number of carboxylic acid groups (broad SMARTS) is 1. The fraction of sp³-hybridized carbons (Fsp3) is 0.174. The molecule has 172 valence electrons. The Morgan fingerprint density at radius 2 is 2.00 bits per heavy atom. The molecular formula is C23H17F2N5O3S. The Balaban J connectivity index is 1.77. The van der Waals surface area contributed by atoms with E-state index in [1.165, 1.54) is 11.3 Å². The molecule has 2 atom stereocenters. The molecule has 0 amide bonds. The van der Waals surface area contributed by atoms with Gasteiger partial charge < -0.3 is 10.2 Å². The first-order chi connectivity index (χ1) is 16.2. The van der Waals surface area contributed by atoms with Crippen LogP contribution in [0.5, 0.6) is 0 Å². The van der Waals surface area contributed by atoms with Crippen molar-refractivity contribution in [1.82, 2.24) is 19.7 Å². The quantitative estimate of drug-likeness (QED) is 0.410. The van der Waals surface area contributed by atoms with E-state index in [0.29, 0.717) is 22.3 Å². The Morgan fingerprint density at radius 3 is 2.65 bits per heavy atom. The molecule has 0 fully saturated rings. The summed E-state index contributed by atoms with van der Waals surface area (Å²) in [5, 5.41) is 36.2. The molecule has 0 bridgehead atoms. The smallest absolute Gasteiger partial charge is 0.373 e. The van der Waals surface area contributed by atoms with E-state index in [-0.39, 0.29) is 5.56 Å². The summed E-state index contributed by atoms with van der Waals surface area (Å²) in [6, 6.07) is 11.6. The molecule has 2 aromatic heterocycles. The van der Waals surface area contributed by atoms with Crippen LogP contribution in [0.3, 0.4) is 0 Å². The lowest BCUT2D eigenvalue weighted by molar-refractivity contribution is -0.0121. The number of carboxylic acids is 1. The SMILES string of the molecule is C[C@@H](c1nc(-c2ccc(C#N)cc2)cs1)[C@](O)(Cn1ncnc1C(=O)O)c1ccc(F)cc1F. The average Bonchev–Trinajstić information content (AvgIpc) is 3.48. The minimum absolute atomic E-state index is 0.233. The summed E-state index contributed by atoms with van der Waals surface area (Å²) < 4.78 is 29.4. The predicted octanol–water partition coefficient (Wildman–Crippen LogP) is 3.94. The van der Waals surface area contributed by atoms with E-state index < -0.39 is 41.5 Å². The van der Waals surface area contributed by atoms with Crippen molar-refractivity contribution in [3.63, 3.8) is 0 Å². The summed E-state index contributed by atoms with van der Waals surface area (Å²) in [6.45, 7) is 1.14. The molecule has 0 aliphatic carbocycles. The molecule has 2 N–H and O–H groups in total. The van der Waals surface area contributed by atoms with E-state index in [1.54, 1.807) is 36.6 Å². The summed E-state index contributed by atoms with van der Waals surface area (Å²) in [4.78, 5) is 19.8. The zero-order valence-corrected chi connectivity index (χ0v) is 18.5. The number of carbonyl (C=O) groups is 1. The van der Waals surface area contributed by atoms with Gasteiger partial charge in [-0.05, 0) is 18.2 Å². The maximum atomic E-state index is 14.8. The van der Waals surface area contributed by atoms with Crippen LogP contribution in [0.15, 0.2) is 54.2 Å². The molecule has 0 spiro atoms. The van der Waals surface area contributed by atoms with Crippen molar-refractivity contribution in [2.45, 2.75) is 25.0 Å². The Bertz CT molecular complexity index is 1400. The highest BCUT2D eigenvalue weighted by molar-refractivity contribution is 7.10. The standard InChI is InChI=1S/C23H17F2N5O3S/c1-13(21-29-19(10-34-21)15-4-2-14(9-26)3-5-15)23(33,17-7-6-16(24)8-18(17)25)11-30-20(22(31)32)27-12-28-30/h2-8,10,12-13,33H,11H2,1H3,(H,31,32)/t13-,23+/m0/s1. The number of aromatic carboxylic acids is 1. The third kappa shape index (κ3) is 4.28. The monoisotopic (exact) mass is 481 g/mol. The molecule has 0 unspecified atom stereocenters. The molecule has 11 heteroatoms. The maximum Gasteiger partial charge on any atom is 0.373 e. The summed E-state index contributed by atoms with van der Waals surface area (Å²) >= 11 is 1.22. The summed E-state index contributed by atoms with van der Waals surface area (Å²) in [7, 11) is 0. The molecule has 0 saturated heterocycles. The Hall–Kier alpha value is -4.01. The zero-order chi connectivity index (χ0) is 24.5. The van der Waals surface area contributed by atoms with Gasteiger partial charge in [0.2, 0.25) is 5.82 Å². The van der Waals surface area contributed by atoms with E-state index >= 15 is 0 Å². The van der Waals surface area contributed by atoms with E-state index in [0.717, 1.165) is 28.7 Å². The number of nitriles is 1. The first kappa shape index (κ1) is 23.2. The molecule has 4 rings (SSSR count). The highest BCUT2D eigenvalue weighted by Gasteiger charge is 2.42. The van der Waals surface area contributed by atoms with Gasteiger partial charge in [-0.15, -0.1) is 11.3 Å². The first-order valence-electron chi connectivity index (χ1n) is 9.98. The van der Waals surface area contributed by atoms with Gasteiger partial charge in [0, 0.05) is 28.5 Å². The number of hydrogen-bond donors (Lipinski definition) is 2. The lowest BCUT2D eigenvalue weighted by Crippen LogP contribution is -2.39. The van der Waals surface area contributed by atoms with Gasteiger partial charge in [0.05, 0.1) is 28.9 Å². The molecule has 4 aromatic rings. The average molecular weight is 481 g/mol. The molecule has 34 heavy (non-hydrogen) atoms. The van der Waals surface area contributed by atoms with Crippen molar-refractivity contribution >= 4 is 17.3 Å². The second kappa shape index (κ2) is 9.09. The number of thiazole rings is 1. The lowest BCUT2D eigenvalue weighted by atomic mass is 9.82. The minimum atomic E-state index is -2.05. The number of nitrogens with zero attached hydrogens (tertiary/aromatic N) is 5. The van der Waals surface area contributed by atoms with Crippen LogP contribution in [-0.4, -0.2) is 35.9 Å². The molecule has 0 saturated carbocycles. The van der Waals surface area contributed by atoms with Crippen LogP contribution in [0.2, 0.25) is 0 Å². The van der Waals surface area contributed by atoms with Gasteiger partial charge in [0.25, 0.3) is 0 Å². The molecule has 2 aromatic carbocycles. The van der Waals surface area contributed by atoms with E-state index in [1.807, 2.05) is 6.07 Å². The number of aromatic nitrogens is 4. The van der Waals surface area contributed by atoms with Gasteiger partial charge in [0.1, 0.15) is 23.6 Å². The summed E-state index contributed by atoms with van der Waals surface area (Å²) in [5.41, 5.74) is -0.450. The van der Waals surface area contributed by atoms with Crippen molar-refractivity contribution in [2.75, 3.05) is 0 Å². The third-order valence-corrected chi connectivity index (χ3v) is 6.54. The van der Waals surface area contributed by atoms with Gasteiger partial charge in [-0.1, -0.05) is 25.1 Å².